The van der Waals surface area contributed by atoms with Crippen LogP contribution < -0.4 is 19.9 Å². The van der Waals surface area contributed by atoms with Gasteiger partial charge in [-0.1, -0.05) is 18.2 Å². The average Bonchev–Trinajstić information content (AvgIpc) is 3.24. The monoisotopic (exact) mass is 351 g/mol. The second-order valence-corrected chi connectivity index (χ2v) is 6.84. The fraction of sp³-hybridized carbons (Fsp3) is 0.381. The average molecular weight is 351 g/mol. The molecule has 0 radical (unpaired) electrons. The van der Waals surface area contributed by atoms with Crippen molar-refractivity contribution in [3.63, 3.8) is 0 Å². The molecule has 136 valence electrons. The van der Waals surface area contributed by atoms with Crippen molar-refractivity contribution in [3.05, 3.63) is 54.1 Å². The van der Waals surface area contributed by atoms with Crippen LogP contribution in [0.4, 0.5) is 11.4 Å². The third kappa shape index (κ3) is 3.68. The van der Waals surface area contributed by atoms with E-state index in [2.05, 4.69) is 27.2 Å². The van der Waals surface area contributed by atoms with Crippen LogP contribution in [-0.4, -0.2) is 45.2 Å². The lowest BCUT2D eigenvalue weighted by Crippen LogP contribution is -2.43. The maximum atomic E-state index is 12.5. The van der Waals surface area contributed by atoms with Crippen LogP contribution >= 0.6 is 0 Å². The number of piperazine rings is 1. The number of benzene rings is 2. The molecule has 5 nitrogen and oxygen atoms in total. The van der Waals surface area contributed by atoms with Crippen molar-refractivity contribution < 1.29 is 9.53 Å². The van der Waals surface area contributed by atoms with Crippen LogP contribution in [0.15, 0.2) is 48.5 Å². The summed E-state index contributed by atoms with van der Waals surface area (Å²) in [5, 5.41) is 3.38. The summed E-state index contributed by atoms with van der Waals surface area (Å²) in [6, 6.07) is 15.4. The second-order valence-electron chi connectivity index (χ2n) is 6.84. The van der Waals surface area contributed by atoms with E-state index in [1.54, 1.807) is 12.1 Å². The number of carbonyl (C=O) groups excluding carboxylic acids is 1. The second kappa shape index (κ2) is 7.79. The largest absolute Gasteiger partial charge is 0.421 e. The van der Waals surface area contributed by atoms with Gasteiger partial charge in [0.2, 0.25) is 0 Å². The molecule has 2 saturated heterocycles. The van der Waals surface area contributed by atoms with E-state index in [4.69, 9.17) is 4.74 Å². The minimum atomic E-state index is -0.309. The lowest BCUT2D eigenvalue weighted by Gasteiger charge is -2.31. The molecule has 4 rings (SSSR count). The molecule has 1 N–H and O–H groups in total. The molecular weight excluding hydrogens is 326 g/mol. The standard InChI is InChI=1S/C21H25N3O2/c25-21(17-6-2-1-3-7-17)26-20-9-8-18(23-12-4-5-13-23)16-19(20)24-14-10-22-11-15-24/h1-3,6-9,16,22H,4-5,10-15H2. The zero-order chi connectivity index (χ0) is 17.8. The summed E-state index contributed by atoms with van der Waals surface area (Å²) in [5.74, 6) is 0.333. The van der Waals surface area contributed by atoms with Crippen LogP contribution in [0.25, 0.3) is 0 Å². The van der Waals surface area contributed by atoms with Crippen molar-refractivity contribution in [1.29, 1.82) is 0 Å². The molecule has 2 fully saturated rings. The Morgan fingerprint density at radius 1 is 0.885 bits per heavy atom. The number of hydrogen-bond acceptors (Lipinski definition) is 5. The van der Waals surface area contributed by atoms with Gasteiger partial charge < -0.3 is 19.9 Å². The molecule has 2 aliphatic heterocycles. The lowest BCUT2D eigenvalue weighted by molar-refractivity contribution is 0.0735. The normalized spacial score (nSPS) is 17.4. The van der Waals surface area contributed by atoms with Crippen LogP contribution in [0.1, 0.15) is 23.2 Å². The minimum Gasteiger partial charge on any atom is -0.421 e. The molecule has 2 aromatic carbocycles. The Bertz CT molecular complexity index is 751. The van der Waals surface area contributed by atoms with E-state index in [1.165, 1.54) is 18.5 Å². The smallest absolute Gasteiger partial charge is 0.343 e. The summed E-state index contributed by atoms with van der Waals surface area (Å²) >= 11 is 0. The molecule has 26 heavy (non-hydrogen) atoms. The summed E-state index contributed by atoms with van der Waals surface area (Å²) in [6.07, 6.45) is 2.49. The number of nitrogens with one attached hydrogen (secondary N) is 1. The molecule has 0 aromatic heterocycles. The third-order valence-corrected chi connectivity index (χ3v) is 5.08. The Kier molecular flexibility index (Phi) is 5.07. The van der Waals surface area contributed by atoms with Gasteiger partial charge in [0.25, 0.3) is 0 Å². The van der Waals surface area contributed by atoms with Gasteiger partial charge in [-0.3, -0.25) is 0 Å². The molecule has 0 bridgehead atoms. The third-order valence-electron chi connectivity index (χ3n) is 5.08. The number of hydrogen-bond donors (Lipinski definition) is 1. The molecule has 0 spiro atoms. The van der Waals surface area contributed by atoms with Gasteiger partial charge in [0.15, 0.2) is 5.75 Å². The molecular formula is C21H25N3O2. The van der Waals surface area contributed by atoms with E-state index in [-0.39, 0.29) is 5.97 Å². The van der Waals surface area contributed by atoms with Gasteiger partial charge in [-0.25, -0.2) is 4.79 Å². The van der Waals surface area contributed by atoms with Gasteiger partial charge >= 0.3 is 5.97 Å². The van der Waals surface area contributed by atoms with Crippen molar-refractivity contribution in [1.82, 2.24) is 5.32 Å². The number of rotatable bonds is 4. The zero-order valence-electron chi connectivity index (χ0n) is 15.0. The first-order valence-corrected chi connectivity index (χ1v) is 9.43. The highest BCUT2D eigenvalue weighted by atomic mass is 16.5. The summed E-state index contributed by atoms with van der Waals surface area (Å²) in [4.78, 5) is 17.2. The molecule has 2 aromatic rings. The number of nitrogens with zero attached hydrogens (tertiary/aromatic N) is 2. The lowest BCUT2D eigenvalue weighted by atomic mass is 10.2. The summed E-state index contributed by atoms with van der Waals surface area (Å²) < 4.78 is 5.78. The maximum absolute atomic E-state index is 12.5. The first kappa shape index (κ1) is 16.9. The summed E-state index contributed by atoms with van der Waals surface area (Å²) in [5.41, 5.74) is 2.80. The molecule has 0 aliphatic carbocycles. The van der Waals surface area contributed by atoms with Gasteiger partial charge in [-0.15, -0.1) is 0 Å². The number of anilines is 2. The molecule has 5 heteroatoms. The Morgan fingerprint density at radius 2 is 1.62 bits per heavy atom. The van der Waals surface area contributed by atoms with Gasteiger partial charge in [0.1, 0.15) is 0 Å². The highest BCUT2D eigenvalue weighted by Gasteiger charge is 2.21. The van der Waals surface area contributed by atoms with Crippen molar-refractivity contribution in [2.24, 2.45) is 0 Å². The van der Waals surface area contributed by atoms with E-state index >= 15 is 0 Å². The Hall–Kier alpha value is -2.53. The first-order chi connectivity index (χ1) is 12.8. The zero-order valence-corrected chi connectivity index (χ0v) is 15.0. The van der Waals surface area contributed by atoms with Crippen molar-refractivity contribution in [3.8, 4) is 5.75 Å². The van der Waals surface area contributed by atoms with Crippen molar-refractivity contribution >= 4 is 17.3 Å². The Morgan fingerprint density at radius 3 is 2.35 bits per heavy atom. The number of esters is 1. The summed E-state index contributed by atoms with van der Waals surface area (Å²) in [7, 11) is 0. The predicted molar refractivity (Wildman–Crippen MR) is 104 cm³/mol. The SMILES string of the molecule is O=C(Oc1ccc(N2CCCC2)cc1N1CCNCC1)c1ccccc1. The van der Waals surface area contributed by atoms with E-state index < -0.39 is 0 Å². The van der Waals surface area contributed by atoms with E-state index in [0.29, 0.717) is 11.3 Å². The molecule has 0 unspecified atom stereocenters. The van der Waals surface area contributed by atoms with Crippen LogP contribution in [0, 0.1) is 0 Å². The van der Waals surface area contributed by atoms with Crippen LogP contribution in [0.5, 0.6) is 5.75 Å². The summed E-state index contributed by atoms with van der Waals surface area (Å²) in [6.45, 7) is 5.92. The van der Waals surface area contributed by atoms with E-state index in [1.807, 2.05) is 24.3 Å². The highest BCUT2D eigenvalue weighted by molar-refractivity contribution is 5.92. The topological polar surface area (TPSA) is 44.8 Å². The number of carbonyl (C=O) groups is 1. The molecule has 0 atom stereocenters. The number of ether oxygens (including phenoxy) is 1. The maximum Gasteiger partial charge on any atom is 0.343 e. The van der Waals surface area contributed by atoms with Gasteiger partial charge in [-0.2, -0.15) is 0 Å². The van der Waals surface area contributed by atoms with E-state index in [0.717, 1.165) is 45.0 Å². The molecule has 0 saturated carbocycles. The quantitative estimate of drug-likeness (QED) is 0.678. The Labute approximate surface area is 154 Å². The minimum absolute atomic E-state index is 0.309. The van der Waals surface area contributed by atoms with Crippen molar-refractivity contribution in [2.45, 2.75) is 12.8 Å². The molecule has 2 aliphatic rings. The highest BCUT2D eigenvalue weighted by Crippen LogP contribution is 2.34. The molecule has 2 heterocycles. The van der Waals surface area contributed by atoms with Gasteiger partial charge in [0, 0.05) is 45.0 Å². The van der Waals surface area contributed by atoms with Gasteiger partial charge in [-0.05, 0) is 43.2 Å². The predicted octanol–water partition coefficient (Wildman–Crippen LogP) is 2.92. The fourth-order valence-electron chi connectivity index (χ4n) is 3.65. The van der Waals surface area contributed by atoms with Crippen LogP contribution in [-0.2, 0) is 0 Å². The van der Waals surface area contributed by atoms with E-state index in [9.17, 15) is 4.79 Å². The van der Waals surface area contributed by atoms with Crippen molar-refractivity contribution in [2.75, 3.05) is 49.1 Å². The van der Waals surface area contributed by atoms with Gasteiger partial charge in [0.05, 0.1) is 11.3 Å². The Balaban J connectivity index is 1.62. The van der Waals surface area contributed by atoms with Crippen LogP contribution in [0.3, 0.4) is 0 Å². The van der Waals surface area contributed by atoms with Crippen LogP contribution in [0.2, 0.25) is 0 Å². The first-order valence-electron chi connectivity index (χ1n) is 9.43. The molecule has 0 amide bonds. The fourth-order valence-corrected chi connectivity index (χ4v) is 3.65.